The summed E-state index contributed by atoms with van der Waals surface area (Å²) in [5.41, 5.74) is 3.58. The van der Waals surface area contributed by atoms with Gasteiger partial charge in [0, 0.05) is 5.56 Å². The lowest BCUT2D eigenvalue weighted by atomic mass is 10.2. The maximum absolute atomic E-state index is 12.5. The van der Waals surface area contributed by atoms with Crippen molar-refractivity contribution in [3.8, 4) is 28.7 Å². The van der Waals surface area contributed by atoms with Crippen LogP contribution in [0.4, 0.5) is 0 Å². The number of esters is 1. The maximum atomic E-state index is 12.5. The molecule has 0 saturated heterocycles. The molecule has 3 rings (SSSR count). The molecule has 0 bridgehead atoms. The summed E-state index contributed by atoms with van der Waals surface area (Å²) in [6.07, 6.45) is 1.39. The Labute approximate surface area is 225 Å². The quantitative estimate of drug-likeness (QED) is 0.156. The molecule has 0 radical (unpaired) electrons. The van der Waals surface area contributed by atoms with Crippen LogP contribution < -0.4 is 34.4 Å². The molecule has 2 N–H and O–H groups in total. The van der Waals surface area contributed by atoms with Crippen LogP contribution in [0.25, 0.3) is 0 Å². The van der Waals surface area contributed by atoms with E-state index in [0.29, 0.717) is 46.3 Å². The molecule has 11 nitrogen and oxygen atoms in total. The van der Waals surface area contributed by atoms with Crippen LogP contribution in [0.15, 0.2) is 65.8 Å². The van der Waals surface area contributed by atoms with Gasteiger partial charge in [-0.1, -0.05) is 0 Å². The molecule has 0 aliphatic carbocycles. The molecular formula is C28H29N3O8. The van der Waals surface area contributed by atoms with Crippen molar-refractivity contribution >= 4 is 24.0 Å². The van der Waals surface area contributed by atoms with E-state index < -0.39 is 17.8 Å². The van der Waals surface area contributed by atoms with Gasteiger partial charge < -0.3 is 29.0 Å². The predicted molar refractivity (Wildman–Crippen MR) is 143 cm³/mol. The topological polar surface area (TPSA) is 134 Å². The molecule has 204 valence electrons. The average Bonchev–Trinajstić information content (AvgIpc) is 2.96. The lowest BCUT2D eigenvalue weighted by Gasteiger charge is -2.11. The number of benzene rings is 3. The van der Waals surface area contributed by atoms with E-state index >= 15 is 0 Å². The normalized spacial score (nSPS) is 10.5. The Kier molecular flexibility index (Phi) is 10.3. The number of ether oxygens (including phenoxy) is 5. The highest BCUT2D eigenvalue weighted by atomic mass is 16.6. The molecule has 11 heteroatoms. The molecule has 0 saturated carbocycles. The Morgan fingerprint density at radius 2 is 1.49 bits per heavy atom. The zero-order chi connectivity index (χ0) is 28.2. The number of nitrogens with one attached hydrogen (secondary N) is 2. The minimum Gasteiger partial charge on any atom is -0.497 e. The first-order chi connectivity index (χ1) is 18.9. The fraction of sp³-hybridized carbons (Fsp3) is 0.214. The number of hydrogen-bond donors (Lipinski definition) is 2. The highest BCUT2D eigenvalue weighted by molar-refractivity contribution is 5.97. The van der Waals surface area contributed by atoms with Crippen molar-refractivity contribution in [2.45, 2.75) is 6.92 Å². The van der Waals surface area contributed by atoms with Crippen LogP contribution >= 0.6 is 0 Å². The smallest absolute Gasteiger partial charge is 0.343 e. The SMILES string of the molecule is CCOc1cc(/C=N\NC(=O)CNC(=O)c2ccc(OC)c(OC)c2)ccc1OC(=O)c1ccc(OC)cc1. The average molecular weight is 536 g/mol. The summed E-state index contributed by atoms with van der Waals surface area (Å²) in [6, 6.07) is 16.0. The number of carbonyl (C=O) groups is 3. The minimum absolute atomic E-state index is 0.233. The molecule has 3 aromatic carbocycles. The van der Waals surface area contributed by atoms with E-state index in [1.54, 1.807) is 61.5 Å². The third kappa shape index (κ3) is 7.96. The molecule has 0 fully saturated rings. The van der Waals surface area contributed by atoms with Crippen LogP contribution in [-0.2, 0) is 4.79 Å². The number of amides is 2. The fourth-order valence-electron chi connectivity index (χ4n) is 3.30. The first-order valence-corrected chi connectivity index (χ1v) is 11.8. The van der Waals surface area contributed by atoms with Gasteiger partial charge in [-0.2, -0.15) is 5.10 Å². The van der Waals surface area contributed by atoms with Crippen molar-refractivity contribution < 1.29 is 38.1 Å². The highest BCUT2D eigenvalue weighted by Gasteiger charge is 2.14. The monoisotopic (exact) mass is 535 g/mol. The number of hydrogen-bond acceptors (Lipinski definition) is 9. The summed E-state index contributed by atoms with van der Waals surface area (Å²) in [5, 5.41) is 6.42. The van der Waals surface area contributed by atoms with Crippen molar-refractivity contribution in [3.63, 3.8) is 0 Å². The number of methoxy groups -OCH3 is 3. The molecule has 0 heterocycles. The maximum Gasteiger partial charge on any atom is 0.343 e. The van der Waals surface area contributed by atoms with Gasteiger partial charge in [0.2, 0.25) is 0 Å². The van der Waals surface area contributed by atoms with Crippen molar-refractivity contribution in [1.29, 1.82) is 0 Å². The number of carbonyl (C=O) groups excluding carboxylic acids is 3. The first-order valence-electron chi connectivity index (χ1n) is 11.8. The van der Waals surface area contributed by atoms with E-state index in [2.05, 4.69) is 15.8 Å². The Morgan fingerprint density at radius 3 is 2.15 bits per heavy atom. The van der Waals surface area contributed by atoms with Crippen LogP contribution in [0.3, 0.4) is 0 Å². The third-order valence-electron chi connectivity index (χ3n) is 5.25. The highest BCUT2D eigenvalue weighted by Crippen LogP contribution is 2.29. The molecule has 2 amide bonds. The molecular weight excluding hydrogens is 506 g/mol. The number of hydrazone groups is 1. The molecule has 0 aromatic heterocycles. The van der Waals surface area contributed by atoms with Crippen molar-refractivity contribution in [2.24, 2.45) is 5.10 Å². The fourth-order valence-corrected chi connectivity index (χ4v) is 3.30. The van der Waals surface area contributed by atoms with E-state index in [9.17, 15) is 14.4 Å². The van der Waals surface area contributed by atoms with Crippen molar-refractivity contribution in [1.82, 2.24) is 10.7 Å². The molecule has 0 aliphatic rings. The number of nitrogens with zero attached hydrogens (tertiary/aromatic N) is 1. The molecule has 39 heavy (non-hydrogen) atoms. The Morgan fingerprint density at radius 1 is 0.795 bits per heavy atom. The van der Waals surface area contributed by atoms with Gasteiger partial charge in [-0.15, -0.1) is 0 Å². The summed E-state index contributed by atoms with van der Waals surface area (Å²) < 4.78 is 26.5. The van der Waals surface area contributed by atoms with Gasteiger partial charge in [-0.05, 0) is 73.2 Å². The number of rotatable bonds is 12. The van der Waals surface area contributed by atoms with Crippen LogP contribution in [-0.4, -0.2) is 58.5 Å². The second-order valence-electron chi connectivity index (χ2n) is 7.80. The van der Waals surface area contributed by atoms with E-state index in [-0.39, 0.29) is 12.3 Å². The van der Waals surface area contributed by atoms with Gasteiger partial charge in [-0.25, -0.2) is 10.2 Å². The zero-order valence-corrected chi connectivity index (χ0v) is 22.0. The summed E-state index contributed by atoms with van der Waals surface area (Å²) in [5.74, 6) is 0.518. The summed E-state index contributed by atoms with van der Waals surface area (Å²) in [6.45, 7) is 1.84. The lowest BCUT2D eigenvalue weighted by molar-refractivity contribution is -0.120. The molecule has 0 aliphatic heterocycles. The molecule has 3 aromatic rings. The van der Waals surface area contributed by atoms with Crippen molar-refractivity contribution in [3.05, 3.63) is 77.4 Å². The first kappa shape index (κ1) is 28.5. The molecule has 0 spiro atoms. The third-order valence-corrected chi connectivity index (χ3v) is 5.25. The van der Waals surface area contributed by atoms with Crippen LogP contribution in [0.2, 0.25) is 0 Å². The van der Waals surface area contributed by atoms with Gasteiger partial charge in [0.05, 0.1) is 46.3 Å². The lowest BCUT2D eigenvalue weighted by Crippen LogP contribution is -2.34. The standard InChI is InChI=1S/C28H29N3O8/c1-5-38-25-14-18(6-12-23(25)39-28(34)19-7-10-21(35-2)11-8-19)16-30-31-26(32)17-29-27(33)20-9-13-22(36-3)24(15-20)37-4/h6-16H,5,17H2,1-4H3,(H,29,33)(H,31,32)/b30-16-. The Hall–Kier alpha value is -5.06. The summed E-state index contributed by atoms with van der Waals surface area (Å²) in [7, 11) is 4.50. The Balaban J connectivity index is 1.56. The van der Waals surface area contributed by atoms with Crippen LogP contribution in [0.5, 0.6) is 28.7 Å². The summed E-state index contributed by atoms with van der Waals surface area (Å²) >= 11 is 0. The second-order valence-corrected chi connectivity index (χ2v) is 7.80. The minimum atomic E-state index is -0.553. The summed E-state index contributed by atoms with van der Waals surface area (Å²) in [4.78, 5) is 37.0. The van der Waals surface area contributed by atoms with Gasteiger partial charge in [0.25, 0.3) is 11.8 Å². The zero-order valence-electron chi connectivity index (χ0n) is 22.0. The van der Waals surface area contributed by atoms with Crippen LogP contribution in [0.1, 0.15) is 33.2 Å². The second kappa shape index (κ2) is 14.0. The van der Waals surface area contributed by atoms with E-state index in [1.165, 1.54) is 33.6 Å². The Bertz CT molecular complexity index is 1340. The van der Waals surface area contributed by atoms with Gasteiger partial charge in [-0.3, -0.25) is 9.59 Å². The predicted octanol–water partition coefficient (Wildman–Crippen LogP) is 3.21. The van der Waals surface area contributed by atoms with E-state index in [0.717, 1.165) is 0 Å². The molecule has 0 unspecified atom stereocenters. The van der Waals surface area contributed by atoms with Gasteiger partial charge >= 0.3 is 5.97 Å². The van der Waals surface area contributed by atoms with E-state index in [1.807, 2.05) is 0 Å². The van der Waals surface area contributed by atoms with Gasteiger partial charge in [0.15, 0.2) is 23.0 Å². The largest absolute Gasteiger partial charge is 0.497 e. The molecule has 0 atom stereocenters. The van der Waals surface area contributed by atoms with Gasteiger partial charge in [0.1, 0.15) is 5.75 Å². The van der Waals surface area contributed by atoms with Crippen molar-refractivity contribution in [2.75, 3.05) is 34.5 Å². The van der Waals surface area contributed by atoms with E-state index in [4.69, 9.17) is 23.7 Å². The van der Waals surface area contributed by atoms with Crippen LogP contribution in [0, 0.1) is 0 Å².